The summed E-state index contributed by atoms with van der Waals surface area (Å²) in [4.78, 5) is 16.9. The van der Waals surface area contributed by atoms with Crippen molar-refractivity contribution in [1.29, 1.82) is 0 Å². The van der Waals surface area contributed by atoms with E-state index in [9.17, 15) is 13.2 Å². The predicted octanol–water partition coefficient (Wildman–Crippen LogP) is 3.08. The Labute approximate surface area is 195 Å². The van der Waals surface area contributed by atoms with Crippen LogP contribution in [0.15, 0.2) is 33.9 Å². The fourth-order valence-electron chi connectivity index (χ4n) is 4.35. The van der Waals surface area contributed by atoms with Crippen LogP contribution in [0, 0.1) is 13.8 Å². The van der Waals surface area contributed by atoms with Gasteiger partial charge >= 0.3 is 0 Å². The lowest BCUT2D eigenvalue weighted by molar-refractivity contribution is 0.0697. The van der Waals surface area contributed by atoms with Crippen molar-refractivity contribution in [3.63, 3.8) is 0 Å². The molecule has 0 N–H and O–H groups in total. The van der Waals surface area contributed by atoms with Crippen LogP contribution >= 0.6 is 23.1 Å². The standard InChI is InChI=1S/C21H24N4O4S3/c1-14-19(15(2)29-22-14)32(27,28)25-10-8-23(9-11-25)20(26)18-16-5-12-30-13-17(16)31-21(18)24-6-3-4-7-24/h3-4,6-7H,5,8-13H2,1-2H3. The number of amides is 1. The number of hydrogen-bond acceptors (Lipinski definition) is 7. The van der Waals surface area contributed by atoms with Gasteiger partial charge in [0, 0.05) is 49.2 Å². The zero-order valence-corrected chi connectivity index (χ0v) is 20.4. The number of carbonyl (C=O) groups excluding carboxylic acids is 1. The Morgan fingerprint density at radius 2 is 1.84 bits per heavy atom. The van der Waals surface area contributed by atoms with Gasteiger partial charge in [-0.2, -0.15) is 16.1 Å². The van der Waals surface area contributed by atoms with Gasteiger partial charge in [0.25, 0.3) is 5.91 Å². The molecule has 3 aromatic heterocycles. The molecule has 1 fully saturated rings. The van der Waals surface area contributed by atoms with Crippen LogP contribution in [0.2, 0.25) is 0 Å². The van der Waals surface area contributed by atoms with Gasteiger partial charge in [-0.25, -0.2) is 8.42 Å². The van der Waals surface area contributed by atoms with E-state index in [4.69, 9.17) is 4.52 Å². The van der Waals surface area contributed by atoms with E-state index in [0.29, 0.717) is 24.5 Å². The van der Waals surface area contributed by atoms with Gasteiger partial charge in [-0.15, -0.1) is 11.3 Å². The maximum Gasteiger partial charge on any atom is 0.257 e. The second kappa shape index (κ2) is 8.36. The molecule has 0 atom stereocenters. The number of aromatic nitrogens is 2. The molecule has 1 amide bonds. The van der Waals surface area contributed by atoms with Gasteiger partial charge in [0.1, 0.15) is 15.6 Å². The summed E-state index contributed by atoms with van der Waals surface area (Å²) < 4.78 is 34.7. The molecule has 2 aliphatic rings. The molecule has 3 aromatic rings. The van der Waals surface area contributed by atoms with Crippen molar-refractivity contribution >= 4 is 39.0 Å². The summed E-state index contributed by atoms with van der Waals surface area (Å²) in [6, 6.07) is 3.92. The van der Waals surface area contributed by atoms with Crippen LogP contribution in [0.1, 0.15) is 32.3 Å². The number of carbonyl (C=O) groups is 1. The lowest BCUT2D eigenvalue weighted by Crippen LogP contribution is -2.50. The molecule has 1 saturated heterocycles. The van der Waals surface area contributed by atoms with Crippen LogP contribution in [0.5, 0.6) is 0 Å². The molecule has 0 aromatic carbocycles. The van der Waals surface area contributed by atoms with Gasteiger partial charge in [0.15, 0.2) is 5.76 Å². The number of thiophene rings is 1. The highest BCUT2D eigenvalue weighted by molar-refractivity contribution is 7.98. The minimum absolute atomic E-state index is 0.00696. The molecular formula is C21H24N4O4S3. The lowest BCUT2D eigenvalue weighted by Gasteiger charge is -2.34. The molecule has 32 heavy (non-hydrogen) atoms. The Balaban J connectivity index is 1.39. The third-order valence-electron chi connectivity index (χ3n) is 5.95. The van der Waals surface area contributed by atoms with E-state index in [-0.39, 0.29) is 23.9 Å². The SMILES string of the molecule is Cc1noc(C)c1S(=O)(=O)N1CCN(C(=O)c2c(-n3cccc3)sc3c2CCSC3)CC1. The quantitative estimate of drug-likeness (QED) is 0.556. The molecular weight excluding hydrogens is 468 g/mol. The molecule has 5 heterocycles. The first-order valence-corrected chi connectivity index (χ1v) is 13.9. The highest BCUT2D eigenvalue weighted by atomic mass is 32.2. The summed E-state index contributed by atoms with van der Waals surface area (Å²) in [6.07, 6.45) is 4.82. The van der Waals surface area contributed by atoms with Gasteiger partial charge in [-0.1, -0.05) is 5.16 Å². The molecule has 5 rings (SSSR count). The molecule has 0 spiro atoms. The van der Waals surface area contributed by atoms with Gasteiger partial charge in [-0.3, -0.25) is 4.79 Å². The fourth-order valence-corrected chi connectivity index (χ4v) is 8.50. The Bertz CT molecular complexity index is 1230. The molecule has 11 heteroatoms. The highest BCUT2D eigenvalue weighted by Gasteiger charge is 2.36. The Morgan fingerprint density at radius 1 is 1.12 bits per heavy atom. The van der Waals surface area contributed by atoms with Crippen molar-refractivity contribution < 1.29 is 17.7 Å². The first-order valence-electron chi connectivity index (χ1n) is 10.5. The van der Waals surface area contributed by atoms with Crippen molar-refractivity contribution in [1.82, 2.24) is 18.9 Å². The maximum absolute atomic E-state index is 13.7. The third kappa shape index (κ3) is 3.60. The Hall–Kier alpha value is -2.08. The van der Waals surface area contributed by atoms with Crippen LogP contribution in [0.3, 0.4) is 0 Å². The van der Waals surface area contributed by atoms with Gasteiger partial charge in [-0.05, 0) is 43.7 Å². The molecule has 0 unspecified atom stereocenters. The number of fused-ring (bicyclic) bond motifs is 1. The second-order valence-corrected chi connectivity index (χ2v) is 12.0. The second-order valence-electron chi connectivity index (χ2n) is 7.93. The summed E-state index contributed by atoms with van der Waals surface area (Å²) in [6.45, 7) is 4.44. The molecule has 0 aliphatic carbocycles. The van der Waals surface area contributed by atoms with Crippen molar-refractivity contribution in [3.8, 4) is 5.00 Å². The van der Waals surface area contributed by atoms with Crippen LogP contribution < -0.4 is 0 Å². The fraction of sp³-hybridized carbons (Fsp3) is 0.429. The van der Waals surface area contributed by atoms with Gasteiger partial charge in [0.2, 0.25) is 10.0 Å². The van der Waals surface area contributed by atoms with Gasteiger partial charge in [0.05, 0.1) is 5.56 Å². The topological polar surface area (TPSA) is 88.7 Å². The normalized spacial score (nSPS) is 17.5. The average Bonchev–Trinajstić information content (AvgIpc) is 3.52. The van der Waals surface area contributed by atoms with E-state index in [1.165, 1.54) is 9.18 Å². The molecule has 0 saturated carbocycles. The van der Waals surface area contributed by atoms with Crippen molar-refractivity contribution in [2.45, 2.75) is 30.9 Å². The monoisotopic (exact) mass is 492 g/mol. The van der Waals surface area contributed by atoms with E-state index in [1.807, 2.05) is 40.9 Å². The molecule has 170 valence electrons. The maximum atomic E-state index is 13.7. The van der Waals surface area contributed by atoms with Crippen LogP contribution in [0.25, 0.3) is 5.00 Å². The summed E-state index contributed by atoms with van der Waals surface area (Å²) in [5.41, 5.74) is 2.30. The average molecular weight is 493 g/mol. The number of sulfonamides is 1. The van der Waals surface area contributed by atoms with Crippen LogP contribution in [0.4, 0.5) is 0 Å². The van der Waals surface area contributed by atoms with E-state index in [1.54, 1.807) is 30.1 Å². The summed E-state index contributed by atoms with van der Waals surface area (Å²) >= 11 is 3.59. The zero-order chi connectivity index (χ0) is 22.5. The number of piperazine rings is 1. The number of hydrogen-bond donors (Lipinski definition) is 0. The number of nitrogens with zero attached hydrogens (tertiary/aromatic N) is 4. The highest BCUT2D eigenvalue weighted by Crippen LogP contribution is 2.39. The molecule has 2 aliphatic heterocycles. The van der Waals surface area contributed by atoms with Gasteiger partial charge < -0.3 is 14.0 Å². The Morgan fingerprint density at radius 3 is 2.50 bits per heavy atom. The van der Waals surface area contributed by atoms with E-state index in [2.05, 4.69) is 5.16 Å². The van der Waals surface area contributed by atoms with Crippen molar-refractivity contribution in [2.24, 2.45) is 0 Å². The van der Waals surface area contributed by atoms with Crippen LogP contribution in [-0.2, 0) is 22.2 Å². The lowest BCUT2D eigenvalue weighted by atomic mass is 10.1. The van der Waals surface area contributed by atoms with Crippen molar-refractivity contribution in [3.05, 3.63) is 52.0 Å². The number of aryl methyl sites for hydroxylation is 2. The first kappa shape index (κ1) is 21.7. The van der Waals surface area contributed by atoms with E-state index >= 15 is 0 Å². The number of rotatable bonds is 4. The molecule has 0 radical (unpaired) electrons. The summed E-state index contributed by atoms with van der Waals surface area (Å²) in [5, 5.41) is 4.74. The largest absolute Gasteiger partial charge is 0.360 e. The minimum Gasteiger partial charge on any atom is -0.360 e. The molecule has 8 nitrogen and oxygen atoms in total. The Kier molecular flexibility index (Phi) is 5.68. The summed E-state index contributed by atoms with van der Waals surface area (Å²) in [5.74, 6) is 2.23. The smallest absolute Gasteiger partial charge is 0.257 e. The van der Waals surface area contributed by atoms with Crippen LogP contribution in [-0.4, -0.2) is 65.2 Å². The first-order chi connectivity index (χ1) is 15.4. The van der Waals surface area contributed by atoms with E-state index in [0.717, 1.165) is 34.1 Å². The van der Waals surface area contributed by atoms with Crippen molar-refractivity contribution in [2.75, 3.05) is 31.9 Å². The zero-order valence-electron chi connectivity index (χ0n) is 17.9. The molecule has 0 bridgehead atoms. The third-order valence-corrected chi connectivity index (χ3v) is 10.5. The minimum atomic E-state index is -3.71. The van der Waals surface area contributed by atoms with E-state index < -0.39 is 10.0 Å². The summed E-state index contributed by atoms with van der Waals surface area (Å²) in [7, 11) is -3.71. The predicted molar refractivity (Wildman–Crippen MR) is 124 cm³/mol. The number of thioether (sulfide) groups is 1.